The van der Waals surface area contributed by atoms with Crippen molar-refractivity contribution >= 4 is 5.78 Å². The Morgan fingerprint density at radius 3 is 2.33 bits per heavy atom. The third-order valence-electron chi connectivity index (χ3n) is 2.82. The highest BCUT2D eigenvalue weighted by atomic mass is 16.1. The fourth-order valence-electron chi connectivity index (χ4n) is 2.17. The molecule has 1 aromatic carbocycles. The van der Waals surface area contributed by atoms with Gasteiger partial charge in [-0.1, -0.05) is 23.3 Å². The fraction of sp³-hybridized carbons (Fsp3) is 0.357. The smallest absolute Gasteiger partial charge is 0.188 e. The number of hydrogen-bond donors (Lipinski definition) is 0. The van der Waals surface area contributed by atoms with Crippen molar-refractivity contribution in [2.45, 2.75) is 33.1 Å². The summed E-state index contributed by atoms with van der Waals surface area (Å²) in [6.07, 6.45) is 5.23. The Bertz CT molecular complexity index is 407. The first-order valence-corrected chi connectivity index (χ1v) is 5.49. The number of hydrogen-bond acceptors (Lipinski definition) is 1. The lowest BCUT2D eigenvalue weighted by Gasteiger charge is -2.04. The van der Waals surface area contributed by atoms with Crippen molar-refractivity contribution in [3.05, 3.63) is 46.5 Å². The van der Waals surface area contributed by atoms with E-state index in [-0.39, 0.29) is 5.78 Å². The predicted octanol–water partition coefficient (Wildman–Crippen LogP) is 3.60. The van der Waals surface area contributed by atoms with Gasteiger partial charge in [0.15, 0.2) is 5.78 Å². The Hall–Kier alpha value is -1.37. The zero-order valence-electron chi connectivity index (χ0n) is 9.34. The van der Waals surface area contributed by atoms with E-state index in [1.807, 2.05) is 26.0 Å². The molecule has 0 unspecified atom stereocenters. The molecule has 0 spiro atoms. The molecule has 0 aliphatic heterocycles. The van der Waals surface area contributed by atoms with Gasteiger partial charge in [0.05, 0.1) is 0 Å². The van der Waals surface area contributed by atoms with Crippen molar-refractivity contribution < 1.29 is 4.79 Å². The molecule has 0 heterocycles. The van der Waals surface area contributed by atoms with Crippen LogP contribution in [0.3, 0.4) is 0 Å². The lowest BCUT2D eigenvalue weighted by Crippen LogP contribution is -2.02. The van der Waals surface area contributed by atoms with Gasteiger partial charge < -0.3 is 0 Å². The van der Waals surface area contributed by atoms with Gasteiger partial charge in [0, 0.05) is 5.56 Å². The highest BCUT2D eigenvalue weighted by Gasteiger charge is 2.15. The molecule has 15 heavy (non-hydrogen) atoms. The van der Waals surface area contributed by atoms with Crippen LogP contribution in [0.25, 0.3) is 0 Å². The molecule has 0 saturated carbocycles. The maximum atomic E-state index is 12.1. The van der Waals surface area contributed by atoms with Gasteiger partial charge in [-0.3, -0.25) is 4.79 Å². The Balaban J connectivity index is 2.32. The largest absolute Gasteiger partial charge is 0.289 e. The molecule has 0 amide bonds. The van der Waals surface area contributed by atoms with Crippen molar-refractivity contribution in [2.24, 2.45) is 0 Å². The molecule has 0 bridgehead atoms. The molecular formula is C14H16O. The minimum absolute atomic E-state index is 0.222. The minimum atomic E-state index is 0.222. The van der Waals surface area contributed by atoms with E-state index in [1.54, 1.807) is 0 Å². The van der Waals surface area contributed by atoms with Gasteiger partial charge in [0.25, 0.3) is 0 Å². The van der Waals surface area contributed by atoms with Crippen LogP contribution in [-0.2, 0) is 0 Å². The van der Waals surface area contributed by atoms with Gasteiger partial charge >= 0.3 is 0 Å². The maximum Gasteiger partial charge on any atom is 0.188 e. The minimum Gasteiger partial charge on any atom is -0.289 e. The number of allylic oxidation sites excluding steroid dienone is 2. The Morgan fingerprint density at radius 2 is 1.80 bits per heavy atom. The number of ketones is 1. The summed E-state index contributed by atoms with van der Waals surface area (Å²) in [4.78, 5) is 12.1. The van der Waals surface area contributed by atoms with Gasteiger partial charge in [0.1, 0.15) is 0 Å². The first-order chi connectivity index (χ1) is 7.16. The fourth-order valence-corrected chi connectivity index (χ4v) is 2.17. The molecule has 0 fully saturated rings. The molecule has 0 N–H and O–H groups in total. The molecule has 0 aromatic heterocycles. The van der Waals surface area contributed by atoms with Crippen LogP contribution in [0.1, 0.15) is 40.7 Å². The summed E-state index contributed by atoms with van der Waals surface area (Å²) in [5, 5.41) is 0. The Kier molecular flexibility index (Phi) is 2.72. The molecule has 2 rings (SSSR count). The SMILES string of the molecule is Cc1cc(C)cc(C(=O)C2=CCCC2)c1. The van der Waals surface area contributed by atoms with E-state index in [0.29, 0.717) is 0 Å². The van der Waals surface area contributed by atoms with E-state index in [1.165, 1.54) is 0 Å². The van der Waals surface area contributed by atoms with E-state index in [9.17, 15) is 4.79 Å². The average Bonchev–Trinajstić information content (AvgIpc) is 2.67. The molecule has 1 heteroatoms. The van der Waals surface area contributed by atoms with Gasteiger partial charge in [-0.15, -0.1) is 0 Å². The summed E-state index contributed by atoms with van der Waals surface area (Å²) in [5.74, 6) is 0.222. The van der Waals surface area contributed by atoms with E-state index < -0.39 is 0 Å². The summed E-state index contributed by atoms with van der Waals surface area (Å²) in [7, 11) is 0. The van der Waals surface area contributed by atoms with Gasteiger partial charge in [0.2, 0.25) is 0 Å². The third kappa shape index (κ3) is 2.17. The zero-order valence-corrected chi connectivity index (χ0v) is 9.34. The normalized spacial score (nSPS) is 15.2. The summed E-state index contributed by atoms with van der Waals surface area (Å²) < 4.78 is 0. The van der Waals surface area contributed by atoms with Gasteiger partial charge in [-0.05, 0) is 50.8 Å². The molecule has 1 aliphatic carbocycles. The zero-order chi connectivity index (χ0) is 10.8. The van der Waals surface area contributed by atoms with Gasteiger partial charge in [-0.25, -0.2) is 0 Å². The molecule has 78 valence electrons. The van der Waals surface area contributed by atoms with Crippen LogP contribution in [0.4, 0.5) is 0 Å². The van der Waals surface area contributed by atoms with Crippen molar-refractivity contribution in [2.75, 3.05) is 0 Å². The number of carbonyl (C=O) groups is 1. The molecule has 0 saturated heterocycles. The Labute approximate surface area is 90.8 Å². The van der Waals surface area contributed by atoms with Crippen LogP contribution in [-0.4, -0.2) is 5.78 Å². The quantitative estimate of drug-likeness (QED) is 0.667. The van der Waals surface area contributed by atoms with Crippen LogP contribution in [0.2, 0.25) is 0 Å². The lowest BCUT2D eigenvalue weighted by atomic mass is 9.99. The first-order valence-electron chi connectivity index (χ1n) is 5.49. The summed E-state index contributed by atoms with van der Waals surface area (Å²) in [6.45, 7) is 4.07. The van der Waals surface area contributed by atoms with E-state index in [4.69, 9.17) is 0 Å². The van der Waals surface area contributed by atoms with Crippen molar-refractivity contribution in [3.63, 3.8) is 0 Å². The summed E-state index contributed by atoms with van der Waals surface area (Å²) in [6, 6.07) is 6.06. The van der Waals surface area contributed by atoms with E-state index in [0.717, 1.165) is 41.5 Å². The van der Waals surface area contributed by atoms with E-state index in [2.05, 4.69) is 12.1 Å². The number of rotatable bonds is 2. The van der Waals surface area contributed by atoms with Crippen molar-refractivity contribution in [3.8, 4) is 0 Å². The van der Waals surface area contributed by atoms with Gasteiger partial charge in [-0.2, -0.15) is 0 Å². The molecular weight excluding hydrogens is 184 g/mol. The molecule has 1 nitrogen and oxygen atoms in total. The van der Waals surface area contributed by atoms with Crippen LogP contribution in [0.15, 0.2) is 29.8 Å². The molecule has 0 atom stereocenters. The van der Waals surface area contributed by atoms with Crippen LogP contribution >= 0.6 is 0 Å². The second-order valence-electron chi connectivity index (χ2n) is 4.33. The number of aryl methyl sites for hydroxylation is 2. The molecule has 1 aliphatic rings. The van der Waals surface area contributed by atoms with E-state index >= 15 is 0 Å². The third-order valence-corrected chi connectivity index (χ3v) is 2.82. The van der Waals surface area contributed by atoms with Crippen LogP contribution in [0.5, 0.6) is 0 Å². The summed E-state index contributed by atoms with van der Waals surface area (Å²) >= 11 is 0. The Morgan fingerprint density at radius 1 is 1.13 bits per heavy atom. The predicted molar refractivity (Wildman–Crippen MR) is 62.2 cm³/mol. The second kappa shape index (κ2) is 4.01. The molecule has 0 radical (unpaired) electrons. The number of carbonyl (C=O) groups excluding carboxylic acids is 1. The monoisotopic (exact) mass is 200 g/mol. The van der Waals surface area contributed by atoms with Crippen LogP contribution < -0.4 is 0 Å². The topological polar surface area (TPSA) is 17.1 Å². The average molecular weight is 200 g/mol. The maximum absolute atomic E-state index is 12.1. The highest BCUT2D eigenvalue weighted by molar-refractivity contribution is 6.09. The second-order valence-corrected chi connectivity index (χ2v) is 4.33. The molecule has 1 aromatic rings. The number of Topliss-reactive ketones (excluding diaryl/α,β-unsaturated/α-hetero) is 1. The first kappa shape index (κ1) is 10.2. The lowest BCUT2D eigenvalue weighted by molar-refractivity contribution is 0.103. The standard InChI is InChI=1S/C14H16O/c1-10-7-11(2)9-13(8-10)14(15)12-5-3-4-6-12/h5,7-9H,3-4,6H2,1-2H3. The van der Waals surface area contributed by atoms with Crippen LogP contribution in [0, 0.1) is 13.8 Å². The van der Waals surface area contributed by atoms with Crippen molar-refractivity contribution in [1.82, 2.24) is 0 Å². The highest BCUT2D eigenvalue weighted by Crippen LogP contribution is 2.22. The summed E-state index contributed by atoms with van der Waals surface area (Å²) in [5.41, 5.74) is 4.18. The number of benzene rings is 1. The van der Waals surface area contributed by atoms with Crippen molar-refractivity contribution in [1.29, 1.82) is 0 Å².